The smallest absolute Gasteiger partial charge is 0.306 e. The molecule has 1 unspecified atom stereocenters. The van der Waals surface area contributed by atoms with E-state index in [1.807, 2.05) is 24.3 Å². The predicted molar refractivity (Wildman–Crippen MR) is 78.5 cm³/mol. The van der Waals surface area contributed by atoms with Crippen LogP contribution in [0, 0.1) is 0 Å². The Labute approximate surface area is 126 Å². The van der Waals surface area contributed by atoms with Gasteiger partial charge < -0.3 is 15.2 Å². The van der Waals surface area contributed by atoms with Crippen molar-refractivity contribution in [3.8, 4) is 0 Å². The molecule has 0 bridgehead atoms. The number of nitrogens with one attached hydrogen (secondary N) is 1. The van der Waals surface area contributed by atoms with Crippen molar-refractivity contribution in [2.24, 2.45) is 0 Å². The van der Waals surface area contributed by atoms with Gasteiger partial charge in [0.2, 0.25) is 5.91 Å². The van der Waals surface area contributed by atoms with Crippen molar-refractivity contribution in [2.75, 3.05) is 13.7 Å². The number of amides is 1. The molecule has 0 radical (unpaired) electrons. The Bertz CT molecular complexity index is 464. The SMILES string of the molecule is COC(CNC(=O)CCc1cccc(Br)c1)CC(=O)O. The molecule has 110 valence electrons. The van der Waals surface area contributed by atoms with Gasteiger partial charge in [-0.1, -0.05) is 28.1 Å². The summed E-state index contributed by atoms with van der Waals surface area (Å²) < 4.78 is 5.97. The Balaban J connectivity index is 2.31. The molecule has 0 saturated heterocycles. The summed E-state index contributed by atoms with van der Waals surface area (Å²) in [5, 5.41) is 11.3. The summed E-state index contributed by atoms with van der Waals surface area (Å²) in [5.74, 6) is -1.06. The Hall–Kier alpha value is -1.40. The van der Waals surface area contributed by atoms with Crippen LogP contribution < -0.4 is 5.32 Å². The largest absolute Gasteiger partial charge is 0.481 e. The third-order valence-corrected chi connectivity index (χ3v) is 3.29. The monoisotopic (exact) mass is 343 g/mol. The van der Waals surface area contributed by atoms with Crippen molar-refractivity contribution in [1.82, 2.24) is 5.32 Å². The number of hydrogen-bond donors (Lipinski definition) is 2. The molecule has 2 N–H and O–H groups in total. The van der Waals surface area contributed by atoms with Gasteiger partial charge in [-0.25, -0.2) is 0 Å². The summed E-state index contributed by atoms with van der Waals surface area (Å²) in [6.45, 7) is 0.208. The van der Waals surface area contributed by atoms with Gasteiger partial charge in [-0.2, -0.15) is 0 Å². The lowest BCUT2D eigenvalue weighted by molar-refractivity contribution is -0.140. The average Bonchev–Trinajstić information content (AvgIpc) is 2.40. The number of carbonyl (C=O) groups is 2. The number of ether oxygens (including phenoxy) is 1. The van der Waals surface area contributed by atoms with E-state index in [9.17, 15) is 9.59 Å². The number of carbonyl (C=O) groups excluding carboxylic acids is 1. The van der Waals surface area contributed by atoms with E-state index in [4.69, 9.17) is 9.84 Å². The van der Waals surface area contributed by atoms with Gasteiger partial charge in [0.15, 0.2) is 0 Å². The zero-order valence-electron chi connectivity index (χ0n) is 11.3. The first-order valence-corrected chi connectivity index (χ1v) is 7.06. The second kappa shape index (κ2) is 8.71. The van der Waals surface area contributed by atoms with Crippen LogP contribution in [0.1, 0.15) is 18.4 Å². The molecule has 1 aromatic carbocycles. The normalized spacial score (nSPS) is 11.9. The third-order valence-electron chi connectivity index (χ3n) is 2.79. The van der Waals surface area contributed by atoms with Crippen LogP contribution in [0.15, 0.2) is 28.7 Å². The lowest BCUT2D eigenvalue weighted by Crippen LogP contribution is -2.34. The summed E-state index contributed by atoms with van der Waals surface area (Å²) in [6.07, 6.45) is 0.381. The summed E-state index contributed by atoms with van der Waals surface area (Å²) in [5.41, 5.74) is 1.07. The van der Waals surface area contributed by atoms with Gasteiger partial charge in [0.05, 0.1) is 12.5 Å². The van der Waals surface area contributed by atoms with Gasteiger partial charge in [-0.3, -0.25) is 9.59 Å². The number of benzene rings is 1. The van der Waals surface area contributed by atoms with Gasteiger partial charge in [0.25, 0.3) is 0 Å². The van der Waals surface area contributed by atoms with Crippen molar-refractivity contribution < 1.29 is 19.4 Å². The number of carboxylic acids is 1. The number of rotatable bonds is 8. The van der Waals surface area contributed by atoms with Crippen LogP contribution in [-0.2, 0) is 20.7 Å². The molecule has 1 atom stereocenters. The van der Waals surface area contributed by atoms with Crippen LogP contribution in [0.2, 0.25) is 0 Å². The molecule has 0 fully saturated rings. The fourth-order valence-corrected chi connectivity index (χ4v) is 2.15. The van der Waals surface area contributed by atoms with E-state index in [-0.39, 0.29) is 18.9 Å². The highest BCUT2D eigenvalue weighted by Gasteiger charge is 2.13. The van der Waals surface area contributed by atoms with E-state index in [0.29, 0.717) is 12.8 Å². The van der Waals surface area contributed by atoms with Crippen molar-refractivity contribution >= 4 is 27.8 Å². The van der Waals surface area contributed by atoms with E-state index in [1.165, 1.54) is 7.11 Å². The average molecular weight is 344 g/mol. The Kier molecular flexibility index (Phi) is 7.25. The number of carboxylic acid groups (broad SMARTS) is 1. The second-order valence-electron chi connectivity index (χ2n) is 4.39. The van der Waals surface area contributed by atoms with Gasteiger partial charge in [0.1, 0.15) is 0 Å². The molecule has 0 heterocycles. The Morgan fingerprint density at radius 2 is 2.20 bits per heavy atom. The van der Waals surface area contributed by atoms with Crippen LogP contribution in [0.5, 0.6) is 0 Å². The zero-order chi connectivity index (χ0) is 15.0. The highest BCUT2D eigenvalue weighted by molar-refractivity contribution is 9.10. The maximum Gasteiger partial charge on any atom is 0.306 e. The first kappa shape index (κ1) is 16.7. The number of halogens is 1. The minimum Gasteiger partial charge on any atom is -0.481 e. The van der Waals surface area contributed by atoms with Crippen LogP contribution in [0.3, 0.4) is 0 Å². The van der Waals surface area contributed by atoms with Crippen LogP contribution in [0.4, 0.5) is 0 Å². The predicted octanol–water partition coefficient (Wildman–Crippen LogP) is 1.99. The molecule has 1 aromatic rings. The minimum atomic E-state index is -0.944. The molecule has 0 aliphatic heterocycles. The minimum absolute atomic E-state index is 0.114. The Morgan fingerprint density at radius 3 is 2.80 bits per heavy atom. The fourth-order valence-electron chi connectivity index (χ4n) is 1.70. The molecule has 1 amide bonds. The van der Waals surface area contributed by atoms with Gasteiger partial charge in [0, 0.05) is 24.5 Å². The molecule has 20 heavy (non-hydrogen) atoms. The Morgan fingerprint density at radius 1 is 1.45 bits per heavy atom. The highest BCUT2D eigenvalue weighted by Crippen LogP contribution is 2.12. The molecule has 0 saturated carbocycles. The number of aryl methyl sites for hydroxylation is 1. The van der Waals surface area contributed by atoms with E-state index in [2.05, 4.69) is 21.2 Å². The molecule has 0 aliphatic rings. The summed E-state index contributed by atoms with van der Waals surface area (Å²) in [7, 11) is 1.43. The van der Waals surface area contributed by atoms with Crippen LogP contribution >= 0.6 is 15.9 Å². The van der Waals surface area contributed by atoms with Crippen molar-refractivity contribution in [3.05, 3.63) is 34.3 Å². The number of hydrogen-bond acceptors (Lipinski definition) is 3. The molecule has 5 nitrogen and oxygen atoms in total. The molecule has 1 rings (SSSR count). The molecule has 0 aromatic heterocycles. The number of aliphatic carboxylic acids is 1. The second-order valence-corrected chi connectivity index (χ2v) is 5.31. The van der Waals surface area contributed by atoms with E-state index >= 15 is 0 Å². The summed E-state index contributed by atoms with van der Waals surface area (Å²) >= 11 is 3.38. The van der Waals surface area contributed by atoms with Crippen LogP contribution in [-0.4, -0.2) is 36.7 Å². The number of methoxy groups -OCH3 is 1. The van der Waals surface area contributed by atoms with Crippen LogP contribution in [0.25, 0.3) is 0 Å². The lowest BCUT2D eigenvalue weighted by Gasteiger charge is -2.13. The molecule has 0 spiro atoms. The molecule has 6 heteroatoms. The van der Waals surface area contributed by atoms with E-state index in [1.54, 1.807) is 0 Å². The molecule has 0 aliphatic carbocycles. The fraction of sp³-hybridized carbons (Fsp3) is 0.429. The third kappa shape index (κ3) is 6.68. The van der Waals surface area contributed by atoms with E-state index < -0.39 is 12.1 Å². The molecular weight excluding hydrogens is 326 g/mol. The van der Waals surface area contributed by atoms with Crippen molar-refractivity contribution in [3.63, 3.8) is 0 Å². The maximum atomic E-state index is 11.7. The lowest BCUT2D eigenvalue weighted by atomic mass is 10.1. The zero-order valence-corrected chi connectivity index (χ0v) is 12.9. The van der Waals surface area contributed by atoms with E-state index in [0.717, 1.165) is 10.0 Å². The van der Waals surface area contributed by atoms with Gasteiger partial charge in [-0.05, 0) is 24.1 Å². The first-order valence-electron chi connectivity index (χ1n) is 6.27. The summed E-state index contributed by atoms with van der Waals surface area (Å²) in [4.78, 5) is 22.2. The maximum absolute atomic E-state index is 11.7. The molecular formula is C14H18BrNO4. The summed E-state index contributed by atoms with van der Waals surface area (Å²) in [6, 6.07) is 7.78. The van der Waals surface area contributed by atoms with Crippen molar-refractivity contribution in [1.29, 1.82) is 0 Å². The quantitative estimate of drug-likeness (QED) is 0.756. The van der Waals surface area contributed by atoms with Gasteiger partial charge >= 0.3 is 5.97 Å². The van der Waals surface area contributed by atoms with Crippen molar-refractivity contribution in [2.45, 2.75) is 25.4 Å². The topological polar surface area (TPSA) is 75.6 Å². The highest BCUT2D eigenvalue weighted by atomic mass is 79.9. The standard InChI is InChI=1S/C14H18BrNO4/c1-20-12(8-14(18)19)9-16-13(17)6-5-10-3-2-4-11(15)7-10/h2-4,7,12H,5-6,8-9H2,1H3,(H,16,17)(H,18,19). The first-order chi connectivity index (χ1) is 9.51. The van der Waals surface area contributed by atoms with Gasteiger partial charge in [-0.15, -0.1) is 0 Å².